The van der Waals surface area contributed by atoms with Gasteiger partial charge in [0, 0.05) is 19.2 Å². The molecule has 2 heterocycles. The van der Waals surface area contributed by atoms with Crippen LogP contribution in [0.2, 0.25) is 0 Å². The third kappa shape index (κ3) is 2.06. The molecule has 0 bridgehead atoms. The van der Waals surface area contributed by atoms with Crippen molar-refractivity contribution in [3.05, 3.63) is 18.1 Å². The molecule has 0 radical (unpaired) electrons. The Hall–Kier alpha value is -1.65. The quantitative estimate of drug-likeness (QED) is 0.673. The summed E-state index contributed by atoms with van der Waals surface area (Å²) in [6.45, 7) is 2.00. The molecular formula is C10H13N3O2. The van der Waals surface area contributed by atoms with Gasteiger partial charge >= 0.3 is 5.97 Å². The van der Waals surface area contributed by atoms with Crippen LogP contribution in [0.3, 0.4) is 0 Å². The minimum atomic E-state index is -0.419. The molecule has 1 aliphatic heterocycles. The molecule has 0 aliphatic carbocycles. The first-order valence-corrected chi connectivity index (χ1v) is 4.96. The predicted octanol–water partition coefficient (Wildman–Crippen LogP) is 0.863. The van der Waals surface area contributed by atoms with Crippen molar-refractivity contribution in [1.29, 1.82) is 0 Å². The van der Waals surface area contributed by atoms with Crippen LogP contribution in [0.4, 0.5) is 5.82 Å². The lowest BCUT2D eigenvalue weighted by molar-refractivity contribution is 0.0594. The van der Waals surface area contributed by atoms with Crippen LogP contribution in [-0.2, 0) is 4.74 Å². The summed E-state index contributed by atoms with van der Waals surface area (Å²) in [5.74, 6) is 0.390. The fourth-order valence-corrected chi connectivity index (χ4v) is 1.68. The number of nitrogens with zero attached hydrogens (tertiary/aromatic N) is 3. The lowest BCUT2D eigenvalue weighted by Gasteiger charge is -2.15. The molecule has 0 spiro atoms. The Balaban J connectivity index is 2.21. The first kappa shape index (κ1) is 9.89. The molecule has 1 fully saturated rings. The SMILES string of the molecule is COC(=O)c1cc(N2CCCC2)ncn1. The molecule has 0 aromatic carbocycles. The zero-order valence-electron chi connectivity index (χ0n) is 8.64. The number of hydrogen-bond acceptors (Lipinski definition) is 5. The number of esters is 1. The third-order valence-corrected chi connectivity index (χ3v) is 2.48. The van der Waals surface area contributed by atoms with Gasteiger partial charge in [-0.3, -0.25) is 0 Å². The van der Waals surface area contributed by atoms with Gasteiger partial charge in [0.25, 0.3) is 0 Å². The smallest absolute Gasteiger partial charge is 0.356 e. The second-order valence-electron chi connectivity index (χ2n) is 3.45. The van der Waals surface area contributed by atoms with Crippen LogP contribution in [-0.4, -0.2) is 36.1 Å². The molecule has 0 atom stereocenters. The highest BCUT2D eigenvalue weighted by Crippen LogP contribution is 2.17. The van der Waals surface area contributed by atoms with Crippen molar-refractivity contribution >= 4 is 11.8 Å². The number of methoxy groups -OCH3 is 1. The summed E-state index contributed by atoms with van der Waals surface area (Å²) in [6, 6.07) is 1.68. The van der Waals surface area contributed by atoms with E-state index in [2.05, 4.69) is 19.6 Å². The first-order chi connectivity index (χ1) is 7.31. The topological polar surface area (TPSA) is 55.3 Å². The number of hydrogen-bond donors (Lipinski definition) is 0. The highest BCUT2D eigenvalue weighted by molar-refractivity contribution is 5.87. The maximum atomic E-state index is 11.2. The second-order valence-corrected chi connectivity index (χ2v) is 3.45. The van der Waals surface area contributed by atoms with E-state index >= 15 is 0 Å². The Morgan fingerprint density at radius 3 is 2.80 bits per heavy atom. The van der Waals surface area contributed by atoms with Crippen molar-refractivity contribution in [1.82, 2.24) is 9.97 Å². The van der Waals surface area contributed by atoms with Crippen LogP contribution >= 0.6 is 0 Å². The maximum Gasteiger partial charge on any atom is 0.356 e. The summed E-state index contributed by atoms with van der Waals surface area (Å²) < 4.78 is 4.61. The number of carbonyl (C=O) groups is 1. The van der Waals surface area contributed by atoms with Crippen LogP contribution in [0.25, 0.3) is 0 Å². The molecule has 0 unspecified atom stereocenters. The lowest BCUT2D eigenvalue weighted by atomic mass is 10.4. The van der Waals surface area contributed by atoms with Gasteiger partial charge in [-0.15, -0.1) is 0 Å². The summed E-state index contributed by atoms with van der Waals surface area (Å²) in [5, 5.41) is 0. The number of rotatable bonds is 2. The van der Waals surface area contributed by atoms with Crippen molar-refractivity contribution < 1.29 is 9.53 Å². The first-order valence-electron chi connectivity index (χ1n) is 4.96. The van der Waals surface area contributed by atoms with Gasteiger partial charge in [0.15, 0.2) is 5.69 Å². The van der Waals surface area contributed by atoms with Crippen LogP contribution in [0.1, 0.15) is 23.3 Å². The van der Waals surface area contributed by atoms with Crippen LogP contribution < -0.4 is 4.90 Å². The van der Waals surface area contributed by atoms with Gasteiger partial charge in [0.1, 0.15) is 12.1 Å². The maximum absolute atomic E-state index is 11.2. The van der Waals surface area contributed by atoms with Crippen molar-refractivity contribution in [3.63, 3.8) is 0 Å². The number of aromatic nitrogens is 2. The average Bonchev–Trinajstić information content (AvgIpc) is 2.82. The Bertz CT molecular complexity index is 361. The summed E-state index contributed by atoms with van der Waals surface area (Å²) >= 11 is 0. The monoisotopic (exact) mass is 207 g/mol. The van der Waals surface area contributed by atoms with E-state index in [1.165, 1.54) is 26.3 Å². The van der Waals surface area contributed by atoms with Gasteiger partial charge in [0.2, 0.25) is 0 Å². The van der Waals surface area contributed by atoms with Gasteiger partial charge in [-0.05, 0) is 12.8 Å². The van der Waals surface area contributed by atoms with Gasteiger partial charge in [-0.25, -0.2) is 14.8 Å². The fraction of sp³-hybridized carbons (Fsp3) is 0.500. The van der Waals surface area contributed by atoms with Crippen LogP contribution in [0.15, 0.2) is 12.4 Å². The normalized spacial score (nSPS) is 15.4. The zero-order chi connectivity index (χ0) is 10.7. The van der Waals surface area contributed by atoms with E-state index in [1.807, 2.05) is 0 Å². The zero-order valence-corrected chi connectivity index (χ0v) is 8.64. The largest absolute Gasteiger partial charge is 0.464 e. The Labute approximate surface area is 88.1 Å². The summed E-state index contributed by atoms with van der Waals surface area (Å²) in [5.41, 5.74) is 0.314. The van der Waals surface area contributed by atoms with E-state index in [9.17, 15) is 4.79 Å². The van der Waals surface area contributed by atoms with Crippen LogP contribution in [0, 0.1) is 0 Å². The molecule has 5 heteroatoms. The lowest BCUT2D eigenvalue weighted by Crippen LogP contribution is -2.20. The van der Waals surface area contributed by atoms with Crippen molar-refractivity contribution in [3.8, 4) is 0 Å². The predicted molar refractivity (Wildman–Crippen MR) is 54.8 cm³/mol. The summed E-state index contributed by atoms with van der Waals surface area (Å²) in [4.78, 5) is 21.4. The number of ether oxygens (including phenoxy) is 1. The molecule has 1 aromatic rings. The Kier molecular flexibility index (Phi) is 2.80. The van der Waals surface area contributed by atoms with E-state index in [0.29, 0.717) is 5.69 Å². The summed E-state index contributed by atoms with van der Waals surface area (Å²) in [7, 11) is 1.35. The molecule has 1 saturated heterocycles. The van der Waals surface area contributed by atoms with Crippen molar-refractivity contribution in [2.45, 2.75) is 12.8 Å². The Morgan fingerprint density at radius 2 is 2.13 bits per heavy atom. The van der Waals surface area contributed by atoms with Crippen LogP contribution in [0.5, 0.6) is 0 Å². The second kappa shape index (κ2) is 4.25. The van der Waals surface area contributed by atoms with Gasteiger partial charge in [-0.1, -0.05) is 0 Å². The number of carbonyl (C=O) groups excluding carboxylic acids is 1. The number of anilines is 1. The molecule has 2 rings (SSSR count). The minimum absolute atomic E-state index is 0.314. The molecule has 0 amide bonds. The molecule has 1 aromatic heterocycles. The van der Waals surface area contributed by atoms with E-state index in [0.717, 1.165) is 18.9 Å². The molecule has 15 heavy (non-hydrogen) atoms. The summed E-state index contributed by atoms with van der Waals surface area (Å²) in [6.07, 6.45) is 3.76. The average molecular weight is 207 g/mol. The standard InChI is InChI=1S/C10H13N3O2/c1-15-10(14)8-6-9(12-7-11-8)13-4-2-3-5-13/h6-7H,2-5H2,1H3. The Morgan fingerprint density at radius 1 is 1.40 bits per heavy atom. The van der Waals surface area contributed by atoms with Crippen molar-refractivity contribution in [2.24, 2.45) is 0 Å². The van der Waals surface area contributed by atoms with Gasteiger partial charge < -0.3 is 9.64 Å². The molecular weight excluding hydrogens is 194 g/mol. The van der Waals surface area contributed by atoms with E-state index in [-0.39, 0.29) is 0 Å². The molecule has 0 N–H and O–H groups in total. The van der Waals surface area contributed by atoms with E-state index in [1.54, 1.807) is 6.07 Å². The highest BCUT2D eigenvalue weighted by Gasteiger charge is 2.16. The third-order valence-electron chi connectivity index (χ3n) is 2.48. The van der Waals surface area contributed by atoms with E-state index in [4.69, 9.17) is 0 Å². The van der Waals surface area contributed by atoms with E-state index < -0.39 is 5.97 Å². The fourth-order valence-electron chi connectivity index (χ4n) is 1.68. The van der Waals surface area contributed by atoms with Crippen molar-refractivity contribution in [2.75, 3.05) is 25.1 Å². The minimum Gasteiger partial charge on any atom is -0.464 e. The molecule has 80 valence electrons. The molecule has 0 saturated carbocycles. The van der Waals surface area contributed by atoms with Gasteiger partial charge in [-0.2, -0.15) is 0 Å². The highest BCUT2D eigenvalue weighted by atomic mass is 16.5. The molecule has 5 nitrogen and oxygen atoms in total. The van der Waals surface area contributed by atoms with Gasteiger partial charge in [0.05, 0.1) is 7.11 Å². The molecule has 1 aliphatic rings.